The Morgan fingerprint density at radius 1 is 0.924 bits per heavy atom. The minimum Gasteiger partial charge on any atom is -0.491 e. The lowest BCUT2D eigenvalue weighted by molar-refractivity contribution is -0.140. The molecule has 5 heterocycles. The van der Waals surface area contributed by atoms with E-state index in [-0.39, 0.29) is 42.1 Å². The Kier molecular flexibility index (Phi) is 15.9. The summed E-state index contributed by atoms with van der Waals surface area (Å²) in [5.74, 6) is 2.77. The Balaban J connectivity index is 0.764. The van der Waals surface area contributed by atoms with Gasteiger partial charge in [0.25, 0.3) is 0 Å². The maximum atomic E-state index is 14.2. The monoisotopic (exact) mass is 939 g/mol. The van der Waals surface area contributed by atoms with Gasteiger partial charge in [0.2, 0.25) is 17.7 Å². The van der Waals surface area contributed by atoms with E-state index in [9.17, 15) is 14.4 Å². The first kappa shape index (κ1) is 47.8. The number of hydrogen-bond acceptors (Lipinski definition) is 11. The molecule has 3 aliphatic heterocycles. The predicted molar refractivity (Wildman–Crippen MR) is 259 cm³/mol. The first-order valence-corrected chi connectivity index (χ1v) is 25.1. The molecule has 354 valence electrons. The second kappa shape index (κ2) is 22.0. The number of likely N-dealkylation sites (N-methyl/N-ethyl adjacent to an activating group) is 1. The van der Waals surface area contributed by atoms with Crippen LogP contribution in [0.1, 0.15) is 103 Å². The number of nitrogens with zero attached hydrogens (tertiary/aromatic N) is 6. The average molecular weight is 941 g/mol. The van der Waals surface area contributed by atoms with Crippen molar-refractivity contribution in [3.8, 4) is 10.8 Å². The molecule has 2 aromatic carbocycles. The van der Waals surface area contributed by atoms with Crippen LogP contribution in [0.4, 0.5) is 0 Å². The number of amides is 3. The van der Waals surface area contributed by atoms with Gasteiger partial charge in [-0.2, -0.15) is 0 Å². The SMILES string of the molecule is CN[C@@H](C)C(=O)N[C@H](C(=O)N1CC[C@@H]2CCN(CCc3ccc(OCCOCCNC(=O)C[C@@H]4N=C(c5ccc(Cl)cc5)c5c(sc(C)c5C)-n5c(C)nnc54)cc3)C[C@@H]21)C1CCCCC1. The molecule has 1 aliphatic carbocycles. The van der Waals surface area contributed by atoms with Crippen LogP contribution in [-0.2, 0) is 25.5 Å². The van der Waals surface area contributed by atoms with Crippen LogP contribution < -0.4 is 20.7 Å². The molecule has 8 rings (SSSR count). The van der Waals surface area contributed by atoms with Crippen molar-refractivity contribution in [2.75, 3.05) is 59.6 Å². The molecule has 16 heteroatoms. The van der Waals surface area contributed by atoms with Crippen LogP contribution in [0.25, 0.3) is 5.00 Å². The van der Waals surface area contributed by atoms with Crippen molar-refractivity contribution in [3.63, 3.8) is 0 Å². The van der Waals surface area contributed by atoms with E-state index in [1.54, 1.807) is 18.4 Å². The van der Waals surface area contributed by atoms with Crippen LogP contribution in [0, 0.1) is 32.6 Å². The van der Waals surface area contributed by atoms with Crippen LogP contribution in [0.15, 0.2) is 53.5 Å². The number of aliphatic imine (C=N–C) groups is 1. The van der Waals surface area contributed by atoms with Gasteiger partial charge in [0.05, 0.1) is 31.4 Å². The standard InChI is InChI=1S/C50H66ClN9O5S/c1-31-33(3)66-50-44(31)45(38-13-15-39(51)16-14-38)54-41(47-57-56-34(4)60(47)50)29-43(61)53-22-26-64-27-28-65-40-17-11-35(12-18-40)19-23-58-24-20-36-21-25-59(42(36)30-58)49(63)46(37-9-7-6-8-10-37)55-48(62)32(2)52-5/h11-18,32,36-37,41-42,46,52H,6-10,19-30H2,1-5H3,(H,53,61)(H,55,62)/t32-,36-,41-,42-,46-/m0/s1. The number of aromatic nitrogens is 3. The zero-order valence-corrected chi connectivity index (χ0v) is 40.7. The number of fused-ring (bicyclic) bond motifs is 4. The molecule has 0 bridgehead atoms. The number of nitrogens with one attached hydrogen (secondary N) is 3. The van der Waals surface area contributed by atoms with Gasteiger partial charge in [0.15, 0.2) is 5.82 Å². The maximum Gasteiger partial charge on any atom is 0.245 e. The van der Waals surface area contributed by atoms with Gasteiger partial charge >= 0.3 is 0 Å². The van der Waals surface area contributed by atoms with E-state index in [0.717, 1.165) is 110 Å². The number of halogens is 1. The summed E-state index contributed by atoms with van der Waals surface area (Å²) in [6.07, 6.45) is 8.59. The fourth-order valence-electron chi connectivity index (χ4n) is 10.1. The van der Waals surface area contributed by atoms with Crippen LogP contribution in [0.3, 0.4) is 0 Å². The highest BCUT2D eigenvalue weighted by atomic mass is 35.5. The lowest BCUT2D eigenvalue weighted by atomic mass is 9.83. The number of ether oxygens (including phenoxy) is 2. The van der Waals surface area contributed by atoms with Gasteiger partial charge in [-0.25, -0.2) is 0 Å². The summed E-state index contributed by atoms with van der Waals surface area (Å²) < 4.78 is 13.8. The topological polar surface area (TPSA) is 155 Å². The van der Waals surface area contributed by atoms with Gasteiger partial charge in [-0.15, -0.1) is 21.5 Å². The molecule has 0 radical (unpaired) electrons. The van der Waals surface area contributed by atoms with Crippen molar-refractivity contribution in [2.45, 2.75) is 110 Å². The fourth-order valence-corrected chi connectivity index (χ4v) is 11.5. The number of thiophene rings is 1. The van der Waals surface area contributed by atoms with Gasteiger partial charge in [0.1, 0.15) is 35.3 Å². The van der Waals surface area contributed by atoms with Crippen molar-refractivity contribution in [1.82, 2.24) is 40.5 Å². The number of carbonyl (C=O) groups is 3. The quantitative estimate of drug-likeness (QED) is 0.0944. The third-order valence-electron chi connectivity index (χ3n) is 14.2. The number of benzene rings is 2. The minimum absolute atomic E-state index is 0.0976. The summed E-state index contributed by atoms with van der Waals surface area (Å²) in [7, 11) is 1.78. The molecular formula is C50H66ClN9O5S. The molecule has 66 heavy (non-hydrogen) atoms. The van der Waals surface area contributed by atoms with Gasteiger partial charge < -0.3 is 35.2 Å². The molecule has 3 amide bonds. The lowest BCUT2D eigenvalue weighted by Gasteiger charge is -2.41. The van der Waals surface area contributed by atoms with Gasteiger partial charge in [-0.3, -0.25) is 23.9 Å². The molecule has 4 aliphatic rings. The number of likely N-dealkylation sites (tertiary alicyclic amines) is 2. The summed E-state index contributed by atoms with van der Waals surface area (Å²) in [6, 6.07) is 14.8. The van der Waals surface area contributed by atoms with Crippen LogP contribution in [0.2, 0.25) is 5.02 Å². The van der Waals surface area contributed by atoms with Gasteiger partial charge in [-0.1, -0.05) is 55.1 Å². The van der Waals surface area contributed by atoms with E-state index in [2.05, 4.69) is 61.9 Å². The van der Waals surface area contributed by atoms with Gasteiger partial charge in [0, 0.05) is 53.2 Å². The third kappa shape index (κ3) is 11.0. The highest BCUT2D eigenvalue weighted by molar-refractivity contribution is 7.15. The Labute approximate surface area is 398 Å². The van der Waals surface area contributed by atoms with E-state index in [4.69, 9.17) is 26.1 Å². The van der Waals surface area contributed by atoms with E-state index in [1.165, 1.54) is 16.9 Å². The second-order valence-electron chi connectivity index (χ2n) is 18.4. The molecular weight excluding hydrogens is 874 g/mol. The number of piperidine rings is 1. The summed E-state index contributed by atoms with van der Waals surface area (Å²) in [4.78, 5) is 51.6. The molecule has 2 saturated heterocycles. The highest BCUT2D eigenvalue weighted by Crippen LogP contribution is 2.40. The average Bonchev–Trinajstić information content (AvgIpc) is 3.99. The summed E-state index contributed by atoms with van der Waals surface area (Å²) in [6.45, 7) is 13.1. The molecule has 2 aromatic heterocycles. The number of aryl methyl sites for hydroxylation is 2. The number of hydrogen-bond donors (Lipinski definition) is 3. The van der Waals surface area contributed by atoms with E-state index in [1.807, 2.05) is 54.8 Å². The lowest BCUT2D eigenvalue weighted by Crippen LogP contribution is -2.58. The zero-order valence-electron chi connectivity index (χ0n) is 39.1. The maximum absolute atomic E-state index is 14.2. The van der Waals surface area contributed by atoms with E-state index in [0.29, 0.717) is 43.1 Å². The van der Waals surface area contributed by atoms with Crippen LogP contribution in [-0.4, -0.2) is 126 Å². The Bertz CT molecular complexity index is 2340. The first-order chi connectivity index (χ1) is 32.0. The van der Waals surface area contributed by atoms with Crippen molar-refractivity contribution >= 4 is 46.4 Å². The van der Waals surface area contributed by atoms with Crippen molar-refractivity contribution < 1.29 is 23.9 Å². The smallest absolute Gasteiger partial charge is 0.245 e. The molecule has 0 unspecified atom stereocenters. The molecule has 5 atom stereocenters. The number of rotatable bonds is 18. The highest BCUT2D eigenvalue weighted by Gasteiger charge is 2.44. The molecule has 3 N–H and O–H groups in total. The third-order valence-corrected chi connectivity index (χ3v) is 15.6. The summed E-state index contributed by atoms with van der Waals surface area (Å²) in [5, 5.41) is 19.8. The van der Waals surface area contributed by atoms with Crippen molar-refractivity contribution in [1.29, 1.82) is 0 Å². The van der Waals surface area contributed by atoms with E-state index < -0.39 is 12.1 Å². The minimum atomic E-state index is -0.539. The van der Waals surface area contributed by atoms with Crippen molar-refractivity contribution in [3.05, 3.63) is 92.3 Å². The van der Waals surface area contributed by atoms with E-state index >= 15 is 0 Å². The van der Waals surface area contributed by atoms with Gasteiger partial charge in [-0.05, 0) is 121 Å². The van der Waals surface area contributed by atoms with Crippen LogP contribution in [0.5, 0.6) is 5.75 Å². The Morgan fingerprint density at radius 2 is 1.68 bits per heavy atom. The molecule has 14 nitrogen and oxygen atoms in total. The fraction of sp³-hybridized carbons (Fsp3) is 0.560. The molecule has 4 aromatic rings. The second-order valence-corrected chi connectivity index (χ2v) is 20.1. The first-order valence-electron chi connectivity index (χ1n) is 23.9. The van der Waals surface area contributed by atoms with Crippen molar-refractivity contribution in [2.24, 2.45) is 16.8 Å². The Hall–Kier alpha value is -4.67. The Morgan fingerprint density at radius 3 is 2.44 bits per heavy atom. The molecule has 1 saturated carbocycles. The summed E-state index contributed by atoms with van der Waals surface area (Å²) in [5.41, 5.74) is 5.15. The number of carbonyl (C=O) groups excluding carboxylic acids is 3. The normalized spacial score (nSPS) is 20.7. The largest absolute Gasteiger partial charge is 0.491 e. The molecule has 3 fully saturated rings. The summed E-state index contributed by atoms with van der Waals surface area (Å²) >= 11 is 7.93. The predicted octanol–water partition coefficient (Wildman–Crippen LogP) is 6.54. The zero-order chi connectivity index (χ0) is 46.3. The molecule has 0 spiro atoms. The van der Waals surface area contributed by atoms with Crippen LogP contribution >= 0.6 is 22.9 Å².